The van der Waals surface area contributed by atoms with Crippen molar-refractivity contribution < 1.29 is 23.5 Å². The molecule has 2 aliphatic heterocycles. The van der Waals surface area contributed by atoms with Crippen LogP contribution in [0.5, 0.6) is 5.75 Å². The molecule has 2 amide bonds. The van der Waals surface area contributed by atoms with E-state index in [0.717, 1.165) is 31.7 Å². The lowest BCUT2D eigenvalue weighted by molar-refractivity contribution is -0.119. The molecule has 164 valence electrons. The monoisotopic (exact) mass is 428 g/mol. The molecule has 0 radical (unpaired) electrons. The Morgan fingerprint density at radius 1 is 1.29 bits per heavy atom. The molecule has 1 atom stereocenters. The molecule has 0 aliphatic carbocycles. The maximum atomic E-state index is 14.7. The number of halogens is 1. The summed E-state index contributed by atoms with van der Waals surface area (Å²) in [6, 6.07) is 10.3. The van der Waals surface area contributed by atoms with Crippen molar-refractivity contribution >= 4 is 23.5 Å². The first-order valence-corrected chi connectivity index (χ1v) is 10.3. The van der Waals surface area contributed by atoms with E-state index in [4.69, 9.17) is 9.47 Å². The summed E-state index contributed by atoms with van der Waals surface area (Å²) in [6.45, 7) is 3.43. The van der Waals surface area contributed by atoms with E-state index in [1.165, 1.54) is 17.9 Å². The van der Waals surface area contributed by atoms with Gasteiger partial charge in [-0.05, 0) is 24.3 Å². The molecule has 8 nitrogen and oxygen atoms in total. The molecular weight excluding hydrogens is 403 g/mol. The van der Waals surface area contributed by atoms with Crippen LogP contribution >= 0.6 is 0 Å². The molecule has 0 spiro atoms. The number of benzene rings is 1. The second-order valence-electron chi connectivity index (χ2n) is 7.66. The molecule has 0 bridgehead atoms. The molecule has 1 aromatic heterocycles. The van der Waals surface area contributed by atoms with Crippen LogP contribution in [0.15, 0.2) is 42.6 Å². The summed E-state index contributed by atoms with van der Waals surface area (Å²) in [5.74, 6) is 0.379. The number of nitrogens with zero attached hydrogens (tertiary/aromatic N) is 3. The third-order valence-electron chi connectivity index (χ3n) is 5.39. The van der Waals surface area contributed by atoms with E-state index in [-0.39, 0.29) is 30.9 Å². The van der Waals surface area contributed by atoms with Crippen molar-refractivity contribution in [2.45, 2.75) is 32.0 Å². The average Bonchev–Trinajstić information content (AvgIpc) is 3.15. The number of hydrogen-bond donors (Lipinski definition) is 1. The average molecular weight is 428 g/mol. The van der Waals surface area contributed by atoms with Crippen molar-refractivity contribution in [3.8, 4) is 5.75 Å². The number of ether oxygens (including phenoxy) is 2. The first kappa shape index (κ1) is 20.9. The van der Waals surface area contributed by atoms with Crippen LogP contribution in [0.1, 0.15) is 19.8 Å². The summed E-state index contributed by atoms with van der Waals surface area (Å²) in [7, 11) is 0. The predicted molar refractivity (Wildman–Crippen MR) is 113 cm³/mol. The number of carbonyl (C=O) groups excluding carboxylic acids is 2. The van der Waals surface area contributed by atoms with Gasteiger partial charge in [-0.2, -0.15) is 0 Å². The van der Waals surface area contributed by atoms with E-state index in [1.807, 2.05) is 18.2 Å². The summed E-state index contributed by atoms with van der Waals surface area (Å²) >= 11 is 0. The summed E-state index contributed by atoms with van der Waals surface area (Å²) in [4.78, 5) is 31.1. The zero-order chi connectivity index (χ0) is 21.8. The van der Waals surface area contributed by atoms with Gasteiger partial charge in [0.1, 0.15) is 18.0 Å². The van der Waals surface area contributed by atoms with E-state index < -0.39 is 18.0 Å². The Hall–Kier alpha value is -3.36. The van der Waals surface area contributed by atoms with E-state index in [1.54, 1.807) is 18.3 Å². The van der Waals surface area contributed by atoms with Gasteiger partial charge in [0.2, 0.25) is 5.91 Å². The molecule has 0 unspecified atom stereocenters. The molecule has 0 saturated carbocycles. The number of carbonyl (C=O) groups is 2. The second kappa shape index (κ2) is 9.20. The minimum Gasteiger partial charge on any atom is -0.487 e. The van der Waals surface area contributed by atoms with Gasteiger partial charge in [-0.25, -0.2) is 14.2 Å². The van der Waals surface area contributed by atoms with Crippen LogP contribution in [0, 0.1) is 5.82 Å². The van der Waals surface area contributed by atoms with Gasteiger partial charge >= 0.3 is 6.09 Å². The number of anilines is 2. The van der Waals surface area contributed by atoms with Gasteiger partial charge < -0.3 is 19.7 Å². The number of amides is 2. The molecule has 4 rings (SSSR count). The molecule has 9 heteroatoms. The second-order valence-corrected chi connectivity index (χ2v) is 7.66. The fourth-order valence-electron chi connectivity index (χ4n) is 3.77. The van der Waals surface area contributed by atoms with Crippen LogP contribution in [0.3, 0.4) is 0 Å². The SMILES string of the molecule is CC(=O)NC[C@H]1CN(c2ccc(OC3CCN(c4ccccn4)CC3)c(F)c2)C(=O)O1. The maximum absolute atomic E-state index is 14.7. The van der Waals surface area contributed by atoms with Gasteiger partial charge in [0, 0.05) is 45.1 Å². The fourth-order valence-corrected chi connectivity index (χ4v) is 3.77. The Labute approximate surface area is 179 Å². The van der Waals surface area contributed by atoms with Crippen LogP contribution in [0.4, 0.5) is 20.7 Å². The van der Waals surface area contributed by atoms with Crippen molar-refractivity contribution in [3.05, 3.63) is 48.4 Å². The van der Waals surface area contributed by atoms with Gasteiger partial charge in [0.25, 0.3) is 0 Å². The Bertz CT molecular complexity index is 934. The largest absolute Gasteiger partial charge is 0.487 e. The summed E-state index contributed by atoms with van der Waals surface area (Å²) < 4.78 is 25.8. The van der Waals surface area contributed by atoms with E-state index >= 15 is 0 Å². The van der Waals surface area contributed by atoms with Gasteiger partial charge in [0.05, 0.1) is 18.8 Å². The van der Waals surface area contributed by atoms with Crippen LogP contribution in [0.2, 0.25) is 0 Å². The zero-order valence-corrected chi connectivity index (χ0v) is 17.3. The van der Waals surface area contributed by atoms with Crippen LogP contribution in [-0.4, -0.2) is 55.4 Å². The van der Waals surface area contributed by atoms with Crippen molar-refractivity contribution in [1.29, 1.82) is 0 Å². The summed E-state index contributed by atoms with van der Waals surface area (Å²) in [6.07, 6.45) is 2.18. The molecule has 1 aromatic carbocycles. The van der Waals surface area contributed by atoms with Crippen molar-refractivity contribution in [1.82, 2.24) is 10.3 Å². The van der Waals surface area contributed by atoms with Crippen molar-refractivity contribution in [3.63, 3.8) is 0 Å². The Balaban J connectivity index is 1.33. The lowest BCUT2D eigenvalue weighted by atomic mass is 10.1. The molecule has 2 fully saturated rings. The Morgan fingerprint density at radius 2 is 2.10 bits per heavy atom. The maximum Gasteiger partial charge on any atom is 0.414 e. The van der Waals surface area contributed by atoms with Crippen LogP contribution in [-0.2, 0) is 9.53 Å². The van der Waals surface area contributed by atoms with Gasteiger partial charge in [-0.3, -0.25) is 9.69 Å². The first-order chi connectivity index (χ1) is 15.0. The highest BCUT2D eigenvalue weighted by atomic mass is 19.1. The van der Waals surface area contributed by atoms with Gasteiger partial charge in [0.15, 0.2) is 11.6 Å². The smallest absolute Gasteiger partial charge is 0.414 e. The topological polar surface area (TPSA) is 84.0 Å². The summed E-state index contributed by atoms with van der Waals surface area (Å²) in [5, 5.41) is 2.62. The number of piperidine rings is 1. The van der Waals surface area contributed by atoms with Gasteiger partial charge in [-0.1, -0.05) is 6.07 Å². The molecular formula is C22H25FN4O4. The number of rotatable bonds is 6. The molecule has 31 heavy (non-hydrogen) atoms. The molecule has 2 aliphatic rings. The number of pyridine rings is 1. The standard InChI is InChI=1S/C22H25FN4O4/c1-15(28)25-13-18-14-27(22(29)31-18)16-5-6-20(19(23)12-16)30-17-7-10-26(11-8-17)21-4-2-3-9-24-21/h2-6,9,12,17-18H,7-8,10-11,13-14H2,1H3,(H,25,28)/t18-/m0/s1. The number of aromatic nitrogens is 1. The number of cyclic esters (lactones) is 1. The lowest BCUT2D eigenvalue weighted by Gasteiger charge is -2.33. The fraction of sp³-hybridized carbons (Fsp3) is 0.409. The van der Waals surface area contributed by atoms with E-state index in [2.05, 4.69) is 15.2 Å². The Kier molecular flexibility index (Phi) is 6.20. The van der Waals surface area contributed by atoms with Crippen LogP contribution < -0.4 is 19.9 Å². The summed E-state index contributed by atoms with van der Waals surface area (Å²) in [5.41, 5.74) is 0.394. The molecule has 2 saturated heterocycles. The minimum atomic E-state index is -0.565. The lowest BCUT2D eigenvalue weighted by Crippen LogP contribution is -2.38. The zero-order valence-electron chi connectivity index (χ0n) is 17.3. The Morgan fingerprint density at radius 3 is 2.77 bits per heavy atom. The van der Waals surface area contributed by atoms with E-state index in [0.29, 0.717) is 5.69 Å². The quantitative estimate of drug-likeness (QED) is 0.762. The van der Waals surface area contributed by atoms with Crippen molar-refractivity contribution in [2.24, 2.45) is 0 Å². The third kappa shape index (κ3) is 5.04. The normalized spacial score (nSPS) is 19.3. The van der Waals surface area contributed by atoms with Crippen molar-refractivity contribution in [2.75, 3.05) is 36.0 Å². The number of nitrogens with one attached hydrogen (secondary N) is 1. The minimum absolute atomic E-state index is 0.0842. The van der Waals surface area contributed by atoms with E-state index in [9.17, 15) is 14.0 Å². The number of hydrogen-bond acceptors (Lipinski definition) is 6. The molecule has 2 aromatic rings. The first-order valence-electron chi connectivity index (χ1n) is 10.3. The highest BCUT2D eigenvalue weighted by molar-refractivity contribution is 5.90. The third-order valence-corrected chi connectivity index (χ3v) is 5.39. The highest BCUT2D eigenvalue weighted by Gasteiger charge is 2.33. The predicted octanol–water partition coefficient (Wildman–Crippen LogP) is 2.73. The van der Waals surface area contributed by atoms with Crippen LogP contribution in [0.25, 0.3) is 0 Å². The molecule has 1 N–H and O–H groups in total. The van der Waals surface area contributed by atoms with Gasteiger partial charge in [-0.15, -0.1) is 0 Å². The molecule has 3 heterocycles. The highest BCUT2D eigenvalue weighted by Crippen LogP contribution is 2.29.